The van der Waals surface area contributed by atoms with E-state index in [2.05, 4.69) is 10.6 Å². The Balaban J connectivity index is 1.48. The van der Waals surface area contributed by atoms with Crippen LogP contribution in [0.2, 0.25) is 0 Å². The highest BCUT2D eigenvalue weighted by Gasteiger charge is 2.22. The maximum Gasteiger partial charge on any atom is 0.262 e. The molecular weight excluding hydrogens is 444 g/mol. The van der Waals surface area contributed by atoms with Gasteiger partial charge < -0.3 is 20.8 Å². The molecule has 8 nitrogen and oxygen atoms in total. The smallest absolute Gasteiger partial charge is 0.262 e. The lowest BCUT2D eigenvalue weighted by molar-refractivity contribution is -0.659. The third kappa shape index (κ3) is 5.92. The van der Waals surface area contributed by atoms with Crippen molar-refractivity contribution < 1.29 is 24.4 Å². The first kappa shape index (κ1) is 24.1. The van der Waals surface area contributed by atoms with E-state index < -0.39 is 12.1 Å². The van der Waals surface area contributed by atoms with Gasteiger partial charge in [-0.05, 0) is 23.3 Å². The van der Waals surface area contributed by atoms with Gasteiger partial charge in [0.15, 0.2) is 24.1 Å². The van der Waals surface area contributed by atoms with Crippen molar-refractivity contribution in [3.8, 4) is 0 Å². The van der Waals surface area contributed by atoms with E-state index in [1.54, 1.807) is 15.5 Å². The summed E-state index contributed by atoms with van der Waals surface area (Å²) in [4.78, 5) is 25.6. The zero-order valence-electron chi connectivity index (χ0n) is 19.2. The zero-order chi connectivity index (χ0) is 24.6. The summed E-state index contributed by atoms with van der Waals surface area (Å²) in [5.74, 6) is -0.510. The van der Waals surface area contributed by atoms with Crippen molar-refractivity contribution in [2.75, 3.05) is 13.2 Å². The van der Waals surface area contributed by atoms with Crippen LogP contribution in [0.1, 0.15) is 23.2 Å². The largest absolute Gasteiger partial charge is 0.394 e. The van der Waals surface area contributed by atoms with Gasteiger partial charge >= 0.3 is 0 Å². The quantitative estimate of drug-likeness (QED) is 0.263. The number of hydrogen-bond donors (Lipinski definition) is 4. The van der Waals surface area contributed by atoms with Crippen LogP contribution in [0.5, 0.6) is 0 Å². The molecule has 0 saturated heterocycles. The first-order valence-electron chi connectivity index (χ1n) is 11.5. The number of carbonyl (C=O) groups excluding carboxylic acids is 2. The van der Waals surface area contributed by atoms with Gasteiger partial charge in [-0.1, -0.05) is 72.8 Å². The molecule has 0 aliphatic heterocycles. The molecule has 4 aromatic rings. The molecule has 2 atom stereocenters. The molecule has 2 amide bonds. The van der Waals surface area contributed by atoms with Gasteiger partial charge in [0.1, 0.15) is 0 Å². The van der Waals surface area contributed by atoms with Gasteiger partial charge in [0.2, 0.25) is 6.33 Å². The van der Waals surface area contributed by atoms with Crippen molar-refractivity contribution in [3.63, 3.8) is 0 Å². The molecule has 0 aliphatic carbocycles. The SMILES string of the molecule is O=C(Cn1c[n+](CC(=O)N[C@H](CO)c2ccccc2)c2ccccc21)N[C@H](CO)c1ccccc1. The number of aromatic nitrogens is 2. The Kier molecular flexibility index (Phi) is 7.87. The molecule has 1 heterocycles. The van der Waals surface area contributed by atoms with Gasteiger partial charge in [-0.25, -0.2) is 9.13 Å². The van der Waals surface area contributed by atoms with Crippen LogP contribution in [-0.4, -0.2) is 39.8 Å². The van der Waals surface area contributed by atoms with Gasteiger partial charge in [0.25, 0.3) is 11.8 Å². The van der Waals surface area contributed by atoms with Crippen molar-refractivity contribution in [2.24, 2.45) is 0 Å². The summed E-state index contributed by atoms with van der Waals surface area (Å²) in [5.41, 5.74) is 3.25. The normalized spacial score (nSPS) is 12.7. The fourth-order valence-corrected chi connectivity index (χ4v) is 4.12. The Bertz CT molecular complexity index is 1180. The van der Waals surface area contributed by atoms with Crippen molar-refractivity contribution in [3.05, 3.63) is 102 Å². The molecule has 35 heavy (non-hydrogen) atoms. The summed E-state index contributed by atoms with van der Waals surface area (Å²) in [6.45, 7) is -0.366. The van der Waals surface area contributed by atoms with Crippen LogP contribution in [0.3, 0.4) is 0 Å². The van der Waals surface area contributed by atoms with E-state index in [0.29, 0.717) is 0 Å². The zero-order valence-corrected chi connectivity index (χ0v) is 19.2. The fraction of sp³-hybridized carbons (Fsp3) is 0.222. The number of nitrogens with one attached hydrogen (secondary N) is 2. The minimum absolute atomic E-state index is 0.0295. The summed E-state index contributed by atoms with van der Waals surface area (Å²) >= 11 is 0. The van der Waals surface area contributed by atoms with E-state index in [1.807, 2.05) is 84.9 Å². The highest BCUT2D eigenvalue weighted by Crippen LogP contribution is 2.14. The lowest BCUT2D eigenvalue weighted by atomic mass is 10.1. The molecule has 0 radical (unpaired) electrons. The van der Waals surface area contributed by atoms with Gasteiger partial charge in [0, 0.05) is 0 Å². The molecule has 0 saturated carbocycles. The Morgan fingerprint density at radius 1 is 0.743 bits per heavy atom. The van der Waals surface area contributed by atoms with Gasteiger partial charge in [-0.2, -0.15) is 0 Å². The summed E-state index contributed by atoms with van der Waals surface area (Å²) in [6.07, 6.45) is 1.73. The number of carbonyl (C=O) groups is 2. The van der Waals surface area contributed by atoms with E-state index in [1.165, 1.54) is 0 Å². The van der Waals surface area contributed by atoms with Gasteiger partial charge in [0.05, 0.1) is 25.3 Å². The lowest BCUT2D eigenvalue weighted by Gasteiger charge is -2.16. The number of para-hydroxylation sites is 2. The number of imidazole rings is 1. The first-order valence-corrected chi connectivity index (χ1v) is 11.5. The average Bonchev–Trinajstić information content (AvgIpc) is 3.23. The molecule has 4 N–H and O–H groups in total. The lowest BCUT2D eigenvalue weighted by Crippen LogP contribution is -2.44. The minimum atomic E-state index is -0.503. The molecule has 0 bridgehead atoms. The molecular formula is C27H29N4O4+. The van der Waals surface area contributed by atoms with Crippen LogP contribution in [0, 0.1) is 0 Å². The van der Waals surface area contributed by atoms with Gasteiger partial charge in [-0.3, -0.25) is 9.59 Å². The minimum Gasteiger partial charge on any atom is -0.394 e. The maximum absolute atomic E-state index is 12.8. The number of nitrogens with zero attached hydrogens (tertiary/aromatic N) is 2. The molecule has 8 heteroatoms. The Labute approximate surface area is 203 Å². The van der Waals surface area contributed by atoms with E-state index in [0.717, 1.165) is 22.2 Å². The average molecular weight is 474 g/mol. The predicted molar refractivity (Wildman–Crippen MR) is 131 cm³/mol. The number of benzene rings is 3. The Morgan fingerprint density at radius 3 is 1.83 bits per heavy atom. The molecule has 0 aliphatic rings. The van der Waals surface area contributed by atoms with Crippen LogP contribution < -0.4 is 15.2 Å². The number of rotatable bonds is 10. The second-order valence-electron chi connectivity index (χ2n) is 8.29. The van der Waals surface area contributed by atoms with Gasteiger partial charge in [-0.15, -0.1) is 0 Å². The molecule has 3 aromatic carbocycles. The number of aliphatic hydroxyl groups is 2. The standard InChI is InChI=1S/C27H28N4O4/c32-17-22(20-9-3-1-4-10-20)28-26(34)15-30-19-31(25-14-8-7-13-24(25)30)16-27(35)29-23(18-33)21-11-5-2-6-12-21/h1-14,19,22-23,32-33H,15-18H2,(H-,28,29,34,35)/p+1/t22-,23-/m1/s1. The van der Waals surface area contributed by atoms with Crippen LogP contribution in [0.25, 0.3) is 11.0 Å². The summed E-state index contributed by atoms with van der Waals surface area (Å²) in [7, 11) is 0. The number of fused-ring (bicyclic) bond motifs is 1. The Morgan fingerprint density at radius 2 is 1.26 bits per heavy atom. The van der Waals surface area contributed by atoms with Crippen LogP contribution in [-0.2, 0) is 22.7 Å². The summed E-state index contributed by atoms with van der Waals surface area (Å²) in [6, 6.07) is 25.1. The first-order chi connectivity index (χ1) is 17.1. The van der Waals surface area contributed by atoms with E-state index in [-0.39, 0.29) is 38.1 Å². The fourth-order valence-electron chi connectivity index (χ4n) is 4.12. The molecule has 180 valence electrons. The molecule has 4 rings (SSSR count). The van der Waals surface area contributed by atoms with Crippen molar-refractivity contribution in [1.29, 1.82) is 0 Å². The van der Waals surface area contributed by atoms with Crippen molar-refractivity contribution >= 4 is 22.8 Å². The van der Waals surface area contributed by atoms with Crippen molar-refractivity contribution in [1.82, 2.24) is 15.2 Å². The summed E-state index contributed by atoms with van der Waals surface area (Å²) in [5, 5.41) is 25.3. The molecule has 0 unspecified atom stereocenters. The van der Waals surface area contributed by atoms with Crippen LogP contribution in [0.15, 0.2) is 91.3 Å². The van der Waals surface area contributed by atoms with Crippen LogP contribution in [0.4, 0.5) is 0 Å². The summed E-state index contributed by atoms with van der Waals surface area (Å²) < 4.78 is 3.55. The highest BCUT2D eigenvalue weighted by molar-refractivity contribution is 5.80. The monoisotopic (exact) mass is 473 g/mol. The number of amides is 2. The topological polar surface area (TPSA) is 107 Å². The highest BCUT2D eigenvalue weighted by atomic mass is 16.3. The maximum atomic E-state index is 12.8. The number of hydrogen-bond acceptors (Lipinski definition) is 4. The van der Waals surface area contributed by atoms with E-state index >= 15 is 0 Å². The van der Waals surface area contributed by atoms with E-state index in [4.69, 9.17) is 0 Å². The Hall–Kier alpha value is -4.01. The number of aliphatic hydroxyl groups excluding tert-OH is 2. The molecule has 1 aromatic heterocycles. The predicted octanol–water partition coefficient (Wildman–Crippen LogP) is 1.63. The molecule has 0 spiro atoms. The second kappa shape index (κ2) is 11.4. The van der Waals surface area contributed by atoms with Crippen molar-refractivity contribution in [2.45, 2.75) is 25.2 Å². The third-order valence-electron chi connectivity index (χ3n) is 5.85. The third-order valence-corrected chi connectivity index (χ3v) is 5.85. The van der Waals surface area contributed by atoms with E-state index in [9.17, 15) is 19.8 Å². The second-order valence-corrected chi connectivity index (χ2v) is 8.29. The van der Waals surface area contributed by atoms with Crippen LogP contribution >= 0.6 is 0 Å². The molecule has 0 fully saturated rings.